The van der Waals surface area contributed by atoms with Crippen molar-refractivity contribution in [2.75, 3.05) is 20.2 Å². The Morgan fingerprint density at radius 2 is 2.10 bits per heavy atom. The van der Waals surface area contributed by atoms with Gasteiger partial charge in [-0.1, -0.05) is 19.1 Å². The number of rotatable bonds is 4. The van der Waals surface area contributed by atoms with Crippen molar-refractivity contribution in [3.05, 3.63) is 29.8 Å². The second-order valence-electron chi connectivity index (χ2n) is 5.53. The molecule has 2 N–H and O–H groups in total. The number of carbonyl (C=O) groups excluding carboxylic acids is 1. The smallest absolute Gasteiger partial charge is 0.227 e. The Labute approximate surface area is 120 Å². The summed E-state index contributed by atoms with van der Waals surface area (Å²) in [6.07, 6.45) is 2.67. The number of ether oxygens (including phenoxy) is 1. The molecule has 1 aromatic rings. The van der Waals surface area contributed by atoms with Crippen molar-refractivity contribution in [3.8, 4) is 5.75 Å². The van der Waals surface area contributed by atoms with Gasteiger partial charge in [0, 0.05) is 19.1 Å². The highest BCUT2D eigenvalue weighted by Crippen LogP contribution is 2.23. The highest BCUT2D eigenvalue weighted by Gasteiger charge is 2.30. The van der Waals surface area contributed by atoms with Gasteiger partial charge in [0.05, 0.1) is 13.5 Å². The van der Waals surface area contributed by atoms with E-state index in [1.165, 1.54) is 0 Å². The Kier molecular flexibility index (Phi) is 5.01. The van der Waals surface area contributed by atoms with E-state index in [2.05, 4.69) is 6.92 Å². The quantitative estimate of drug-likeness (QED) is 0.912. The van der Waals surface area contributed by atoms with E-state index in [1.807, 2.05) is 29.2 Å². The molecule has 4 heteroatoms. The number of likely N-dealkylation sites (tertiary alicyclic amines) is 1. The van der Waals surface area contributed by atoms with Crippen LogP contribution in [0.15, 0.2) is 24.3 Å². The number of hydrogen-bond donors (Lipinski definition) is 1. The molecule has 1 saturated heterocycles. The van der Waals surface area contributed by atoms with Gasteiger partial charge >= 0.3 is 0 Å². The van der Waals surface area contributed by atoms with Gasteiger partial charge in [0.15, 0.2) is 0 Å². The minimum atomic E-state index is 0.178. The summed E-state index contributed by atoms with van der Waals surface area (Å²) >= 11 is 0. The zero-order chi connectivity index (χ0) is 14.5. The molecule has 1 fully saturated rings. The Hall–Kier alpha value is -1.55. The second-order valence-corrected chi connectivity index (χ2v) is 5.53. The molecular formula is C16H24N2O2. The summed E-state index contributed by atoms with van der Waals surface area (Å²) in [6, 6.07) is 7.86. The summed E-state index contributed by atoms with van der Waals surface area (Å²) in [6.45, 7) is 3.57. The molecular weight excluding hydrogens is 252 g/mol. The lowest BCUT2D eigenvalue weighted by atomic mass is 9.90. The highest BCUT2D eigenvalue weighted by molar-refractivity contribution is 5.79. The maximum Gasteiger partial charge on any atom is 0.227 e. The molecule has 0 aliphatic carbocycles. The summed E-state index contributed by atoms with van der Waals surface area (Å²) in [7, 11) is 1.64. The van der Waals surface area contributed by atoms with Gasteiger partial charge in [-0.15, -0.1) is 0 Å². The lowest BCUT2D eigenvalue weighted by Crippen LogP contribution is -2.51. The van der Waals surface area contributed by atoms with Gasteiger partial charge < -0.3 is 15.4 Å². The molecule has 0 saturated carbocycles. The van der Waals surface area contributed by atoms with Crippen molar-refractivity contribution in [2.45, 2.75) is 32.2 Å². The fraction of sp³-hybridized carbons (Fsp3) is 0.562. The molecule has 1 aromatic carbocycles. The molecule has 0 spiro atoms. The molecule has 0 bridgehead atoms. The number of nitrogens with two attached hydrogens (primary N) is 1. The molecule has 1 amide bonds. The molecule has 2 rings (SSSR count). The van der Waals surface area contributed by atoms with Gasteiger partial charge in [0.2, 0.25) is 5.91 Å². The van der Waals surface area contributed by atoms with Crippen LogP contribution in [0.1, 0.15) is 25.3 Å². The van der Waals surface area contributed by atoms with E-state index in [0.717, 1.165) is 30.7 Å². The molecule has 1 heterocycles. The van der Waals surface area contributed by atoms with Crippen molar-refractivity contribution < 1.29 is 9.53 Å². The third-order valence-corrected chi connectivity index (χ3v) is 4.19. The number of carbonyl (C=O) groups is 1. The fourth-order valence-electron chi connectivity index (χ4n) is 2.94. The van der Waals surface area contributed by atoms with E-state index in [1.54, 1.807) is 7.11 Å². The first-order valence-electron chi connectivity index (χ1n) is 7.28. The predicted molar refractivity (Wildman–Crippen MR) is 79.7 cm³/mol. The van der Waals surface area contributed by atoms with Crippen LogP contribution in [0.25, 0.3) is 0 Å². The van der Waals surface area contributed by atoms with Crippen LogP contribution < -0.4 is 10.5 Å². The van der Waals surface area contributed by atoms with E-state index < -0.39 is 0 Å². The number of piperidine rings is 1. The van der Waals surface area contributed by atoms with Crippen molar-refractivity contribution in [1.29, 1.82) is 0 Å². The Morgan fingerprint density at radius 1 is 1.40 bits per heavy atom. The maximum absolute atomic E-state index is 12.5. The molecule has 1 aliphatic rings. The van der Waals surface area contributed by atoms with Crippen LogP contribution in [-0.4, -0.2) is 37.0 Å². The number of methoxy groups -OCH3 is 1. The molecule has 20 heavy (non-hydrogen) atoms. The molecule has 1 aliphatic heterocycles. The summed E-state index contributed by atoms with van der Waals surface area (Å²) in [5.74, 6) is 1.48. The zero-order valence-electron chi connectivity index (χ0n) is 12.3. The third-order valence-electron chi connectivity index (χ3n) is 4.19. The van der Waals surface area contributed by atoms with Gasteiger partial charge in [-0.2, -0.15) is 0 Å². The largest absolute Gasteiger partial charge is 0.497 e. The molecule has 0 aromatic heterocycles. The second kappa shape index (κ2) is 6.75. The van der Waals surface area contributed by atoms with Gasteiger partial charge in [0.1, 0.15) is 5.75 Å². The summed E-state index contributed by atoms with van der Waals surface area (Å²) in [4.78, 5) is 14.4. The van der Waals surface area contributed by atoms with Crippen molar-refractivity contribution in [3.63, 3.8) is 0 Å². The molecule has 2 unspecified atom stereocenters. The summed E-state index contributed by atoms with van der Waals surface area (Å²) in [5, 5.41) is 0. The summed E-state index contributed by atoms with van der Waals surface area (Å²) in [5.41, 5.74) is 6.86. The van der Waals surface area contributed by atoms with Crippen LogP contribution in [0.5, 0.6) is 5.75 Å². The molecule has 4 nitrogen and oxygen atoms in total. The first-order valence-corrected chi connectivity index (χ1v) is 7.28. The van der Waals surface area contributed by atoms with E-state index in [0.29, 0.717) is 18.9 Å². The van der Waals surface area contributed by atoms with Crippen molar-refractivity contribution >= 4 is 5.91 Å². The highest BCUT2D eigenvalue weighted by atomic mass is 16.5. The minimum absolute atomic E-state index is 0.178. The standard InChI is InChI=1S/C16H24N2O2/c1-12-4-3-9-18(15(12)11-17)16(19)10-13-5-7-14(20-2)8-6-13/h5-8,12,15H,3-4,9-11,17H2,1-2H3. The summed E-state index contributed by atoms with van der Waals surface area (Å²) < 4.78 is 5.13. The fourth-order valence-corrected chi connectivity index (χ4v) is 2.94. The lowest BCUT2D eigenvalue weighted by molar-refractivity contribution is -0.135. The Bertz CT molecular complexity index is 444. The Balaban J connectivity index is 2.02. The lowest BCUT2D eigenvalue weighted by Gasteiger charge is -2.39. The van der Waals surface area contributed by atoms with E-state index in [4.69, 9.17) is 10.5 Å². The molecule has 110 valence electrons. The van der Waals surface area contributed by atoms with Crippen molar-refractivity contribution in [1.82, 2.24) is 4.90 Å². The van der Waals surface area contributed by atoms with Crippen LogP contribution in [0.2, 0.25) is 0 Å². The van der Waals surface area contributed by atoms with Gasteiger partial charge in [-0.05, 0) is 36.5 Å². The third kappa shape index (κ3) is 3.31. The van der Waals surface area contributed by atoms with Crippen LogP contribution in [-0.2, 0) is 11.2 Å². The van der Waals surface area contributed by atoms with E-state index in [-0.39, 0.29) is 11.9 Å². The van der Waals surface area contributed by atoms with Crippen LogP contribution in [0, 0.1) is 5.92 Å². The molecule has 2 atom stereocenters. The molecule has 0 radical (unpaired) electrons. The van der Waals surface area contributed by atoms with Crippen LogP contribution >= 0.6 is 0 Å². The maximum atomic E-state index is 12.5. The first-order chi connectivity index (χ1) is 9.65. The normalized spacial score (nSPS) is 22.6. The minimum Gasteiger partial charge on any atom is -0.497 e. The average Bonchev–Trinajstić information content (AvgIpc) is 2.47. The zero-order valence-corrected chi connectivity index (χ0v) is 12.3. The topological polar surface area (TPSA) is 55.6 Å². The number of nitrogens with zero attached hydrogens (tertiary/aromatic N) is 1. The van der Waals surface area contributed by atoms with Crippen molar-refractivity contribution in [2.24, 2.45) is 11.7 Å². The SMILES string of the molecule is COc1ccc(CC(=O)N2CCCC(C)C2CN)cc1. The van der Waals surface area contributed by atoms with Gasteiger partial charge in [0.25, 0.3) is 0 Å². The van der Waals surface area contributed by atoms with E-state index in [9.17, 15) is 4.79 Å². The predicted octanol–water partition coefficient (Wildman–Crippen LogP) is 1.82. The van der Waals surface area contributed by atoms with Crippen LogP contribution in [0.3, 0.4) is 0 Å². The number of benzene rings is 1. The number of hydrogen-bond acceptors (Lipinski definition) is 3. The Morgan fingerprint density at radius 3 is 2.70 bits per heavy atom. The van der Waals surface area contributed by atoms with Crippen LogP contribution in [0.4, 0.5) is 0 Å². The number of amides is 1. The van der Waals surface area contributed by atoms with Gasteiger partial charge in [-0.3, -0.25) is 4.79 Å². The first kappa shape index (κ1) is 14.9. The average molecular weight is 276 g/mol. The van der Waals surface area contributed by atoms with Gasteiger partial charge in [-0.25, -0.2) is 0 Å². The van der Waals surface area contributed by atoms with E-state index >= 15 is 0 Å². The monoisotopic (exact) mass is 276 g/mol.